The molecular formula is C16H23Cl2N5O. The van der Waals surface area contributed by atoms with Gasteiger partial charge in [0.05, 0.1) is 6.54 Å². The summed E-state index contributed by atoms with van der Waals surface area (Å²) in [6.45, 7) is 2.78. The number of carbonyl (C=O) groups is 1. The van der Waals surface area contributed by atoms with E-state index < -0.39 is 0 Å². The minimum absolute atomic E-state index is 0. The van der Waals surface area contributed by atoms with Crippen LogP contribution in [-0.4, -0.2) is 33.8 Å². The Bertz CT molecular complexity index is 614. The highest BCUT2D eigenvalue weighted by molar-refractivity contribution is 5.89. The van der Waals surface area contributed by atoms with E-state index in [0.29, 0.717) is 24.7 Å². The lowest BCUT2D eigenvalue weighted by Gasteiger charge is -2.07. The highest BCUT2D eigenvalue weighted by atomic mass is 35.5. The number of nitrogens with one attached hydrogen (secondary N) is 2. The molecule has 2 N–H and O–H groups in total. The van der Waals surface area contributed by atoms with Crippen molar-refractivity contribution >= 4 is 36.5 Å². The first-order valence-corrected chi connectivity index (χ1v) is 7.72. The van der Waals surface area contributed by atoms with Crippen molar-refractivity contribution in [3.63, 3.8) is 0 Å². The zero-order chi connectivity index (χ0) is 15.2. The molecule has 3 rings (SSSR count). The number of hydrogen-bond acceptors (Lipinski definition) is 4. The van der Waals surface area contributed by atoms with Gasteiger partial charge in [0, 0.05) is 31.1 Å². The molecule has 2 aromatic heterocycles. The molecule has 1 aliphatic rings. The number of pyridine rings is 1. The fourth-order valence-electron chi connectivity index (χ4n) is 2.69. The fourth-order valence-corrected chi connectivity index (χ4v) is 2.69. The third-order valence-electron chi connectivity index (χ3n) is 3.94. The van der Waals surface area contributed by atoms with E-state index in [-0.39, 0.29) is 30.7 Å². The summed E-state index contributed by atoms with van der Waals surface area (Å²) in [6.07, 6.45) is 8.07. The van der Waals surface area contributed by atoms with Crippen LogP contribution in [0.15, 0.2) is 36.8 Å². The van der Waals surface area contributed by atoms with E-state index in [1.54, 1.807) is 12.4 Å². The molecule has 0 aliphatic carbocycles. The third-order valence-corrected chi connectivity index (χ3v) is 3.94. The van der Waals surface area contributed by atoms with Crippen molar-refractivity contribution in [2.24, 2.45) is 5.92 Å². The summed E-state index contributed by atoms with van der Waals surface area (Å²) in [5.74, 6) is 1.29. The minimum Gasteiger partial charge on any atom is -0.316 e. The first kappa shape index (κ1) is 20.4. The molecule has 1 atom stereocenters. The molecule has 1 aliphatic heterocycles. The summed E-state index contributed by atoms with van der Waals surface area (Å²) in [6, 6.07) is 5.74. The maximum Gasteiger partial charge on any atom is 0.225 e. The summed E-state index contributed by atoms with van der Waals surface area (Å²) in [4.78, 5) is 15.9. The van der Waals surface area contributed by atoms with E-state index in [9.17, 15) is 4.79 Å². The Kier molecular flexibility index (Phi) is 8.74. The number of halogens is 2. The molecule has 3 heterocycles. The van der Waals surface area contributed by atoms with Gasteiger partial charge in [0.25, 0.3) is 0 Å². The summed E-state index contributed by atoms with van der Waals surface area (Å²) < 4.78 is 1.81. The van der Waals surface area contributed by atoms with Gasteiger partial charge in [0.1, 0.15) is 0 Å². The van der Waals surface area contributed by atoms with E-state index in [1.807, 2.05) is 29.1 Å². The third kappa shape index (κ3) is 6.11. The summed E-state index contributed by atoms with van der Waals surface area (Å²) >= 11 is 0. The SMILES string of the molecule is Cl.Cl.O=C(CCC1CCNC1)Nc1ccn(Cc2ccncc2)n1. The first-order chi connectivity index (χ1) is 10.8. The predicted molar refractivity (Wildman–Crippen MR) is 98.9 cm³/mol. The molecule has 0 radical (unpaired) electrons. The lowest BCUT2D eigenvalue weighted by atomic mass is 10.0. The van der Waals surface area contributed by atoms with Crippen molar-refractivity contribution in [2.45, 2.75) is 25.8 Å². The van der Waals surface area contributed by atoms with Gasteiger partial charge in [-0.05, 0) is 49.5 Å². The standard InChI is InChI=1S/C16H21N5O.2ClH/c22-16(2-1-13-3-9-18-11-13)19-15-6-10-21(20-15)12-14-4-7-17-8-5-14;;/h4-8,10,13,18H,1-3,9,11-12H2,(H,19,20,22);2*1H. The second-order valence-electron chi connectivity index (χ2n) is 5.70. The maximum absolute atomic E-state index is 11.9. The van der Waals surface area contributed by atoms with Crippen LogP contribution in [-0.2, 0) is 11.3 Å². The van der Waals surface area contributed by atoms with E-state index in [1.165, 1.54) is 6.42 Å². The quantitative estimate of drug-likeness (QED) is 0.817. The second kappa shape index (κ2) is 10.3. The highest BCUT2D eigenvalue weighted by Crippen LogP contribution is 2.15. The zero-order valence-corrected chi connectivity index (χ0v) is 15.0. The zero-order valence-electron chi connectivity index (χ0n) is 13.4. The van der Waals surface area contributed by atoms with Gasteiger partial charge in [-0.3, -0.25) is 14.5 Å². The Morgan fingerprint density at radius 3 is 2.79 bits per heavy atom. The Balaban J connectivity index is 0.00000144. The van der Waals surface area contributed by atoms with E-state index >= 15 is 0 Å². The molecule has 2 aromatic rings. The molecule has 0 aromatic carbocycles. The number of amides is 1. The average molecular weight is 372 g/mol. The van der Waals surface area contributed by atoms with E-state index in [2.05, 4.69) is 20.7 Å². The Hall–Kier alpha value is -1.63. The van der Waals surface area contributed by atoms with Crippen molar-refractivity contribution in [3.05, 3.63) is 42.4 Å². The summed E-state index contributed by atoms with van der Waals surface area (Å²) in [5, 5.41) is 10.6. The van der Waals surface area contributed by atoms with Gasteiger partial charge in [-0.15, -0.1) is 24.8 Å². The molecule has 0 bridgehead atoms. The van der Waals surface area contributed by atoms with Crippen LogP contribution in [0.3, 0.4) is 0 Å². The van der Waals surface area contributed by atoms with Crippen LogP contribution in [0, 0.1) is 5.92 Å². The molecule has 0 saturated carbocycles. The van der Waals surface area contributed by atoms with Crippen LogP contribution >= 0.6 is 24.8 Å². The Morgan fingerprint density at radius 1 is 1.29 bits per heavy atom. The fraction of sp³-hybridized carbons (Fsp3) is 0.438. The van der Waals surface area contributed by atoms with Crippen LogP contribution < -0.4 is 10.6 Å². The second-order valence-corrected chi connectivity index (χ2v) is 5.70. The predicted octanol–water partition coefficient (Wildman–Crippen LogP) is 2.50. The van der Waals surface area contributed by atoms with Crippen LogP contribution in [0.1, 0.15) is 24.8 Å². The lowest BCUT2D eigenvalue weighted by Crippen LogP contribution is -2.15. The normalized spacial score (nSPS) is 16.1. The molecule has 24 heavy (non-hydrogen) atoms. The van der Waals surface area contributed by atoms with Crippen molar-refractivity contribution in [2.75, 3.05) is 18.4 Å². The molecule has 0 spiro atoms. The van der Waals surface area contributed by atoms with Gasteiger partial charge in [0.2, 0.25) is 5.91 Å². The molecular weight excluding hydrogens is 349 g/mol. The van der Waals surface area contributed by atoms with Crippen LogP contribution in [0.25, 0.3) is 0 Å². The first-order valence-electron chi connectivity index (χ1n) is 7.72. The smallest absolute Gasteiger partial charge is 0.225 e. The molecule has 1 fully saturated rings. The number of carbonyl (C=O) groups excluding carboxylic acids is 1. The number of anilines is 1. The van der Waals surface area contributed by atoms with Crippen LogP contribution in [0.4, 0.5) is 5.82 Å². The molecule has 1 unspecified atom stereocenters. The number of aromatic nitrogens is 3. The van der Waals surface area contributed by atoms with Gasteiger partial charge in [-0.2, -0.15) is 5.10 Å². The number of rotatable bonds is 6. The van der Waals surface area contributed by atoms with Crippen LogP contribution in [0.5, 0.6) is 0 Å². The van der Waals surface area contributed by atoms with Crippen molar-refractivity contribution in [1.82, 2.24) is 20.1 Å². The molecule has 1 amide bonds. The Morgan fingerprint density at radius 2 is 2.08 bits per heavy atom. The molecule has 132 valence electrons. The summed E-state index contributed by atoms with van der Waals surface area (Å²) in [5.41, 5.74) is 1.13. The number of nitrogens with zero attached hydrogens (tertiary/aromatic N) is 3. The lowest BCUT2D eigenvalue weighted by molar-refractivity contribution is -0.116. The van der Waals surface area contributed by atoms with E-state index in [4.69, 9.17) is 0 Å². The molecule has 8 heteroatoms. The monoisotopic (exact) mass is 371 g/mol. The Labute approximate surface area is 154 Å². The van der Waals surface area contributed by atoms with Crippen molar-refractivity contribution in [3.8, 4) is 0 Å². The van der Waals surface area contributed by atoms with Crippen LogP contribution in [0.2, 0.25) is 0 Å². The van der Waals surface area contributed by atoms with Gasteiger partial charge in [0.15, 0.2) is 5.82 Å². The maximum atomic E-state index is 11.9. The van der Waals surface area contributed by atoms with Crippen molar-refractivity contribution in [1.29, 1.82) is 0 Å². The molecule has 1 saturated heterocycles. The highest BCUT2D eigenvalue weighted by Gasteiger charge is 2.16. The number of hydrogen-bond donors (Lipinski definition) is 2. The van der Waals surface area contributed by atoms with Gasteiger partial charge in [-0.1, -0.05) is 0 Å². The van der Waals surface area contributed by atoms with Gasteiger partial charge < -0.3 is 10.6 Å². The van der Waals surface area contributed by atoms with Gasteiger partial charge >= 0.3 is 0 Å². The largest absolute Gasteiger partial charge is 0.316 e. The van der Waals surface area contributed by atoms with Gasteiger partial charge in [-0.25, -0.2) is 0 Å². The topological polar surface area (TPSA) is 71.8 Å². The van der Waals surface area contributed by atoms with Crippen molar-refractivity contribution < 1.29 is 4.79 Å². The summed E-state index contributed by atoms with van der Waals surface area (Å²) in [7, 11) is 0. The minimum atomic E-state index is 0. The van der Waals surface area contributed by atoms with E-state index in [0.717, 1.165) is 25.1 Å². The molecule has 6 nitrogen and oxygen atoms in total. The average Bonchev–Trinajstić information content (AvgIpc) is 3.18.